The Bertz CT molecular complexity index is 421. The van der Waals surface area contributed by atoms with Gasteiger partial charge in [-0.2, -0.15) is 0 Å². The van der Waals surface area contributed by atoms with Crippen LogP contribution in [0.1, 0.15) is 12.0 Å². The van der Waals surface area contributed by atoms with E-state index in [1.807, 2.05) is 19.0 Å². The first-order chi connectivity index (χ1) is 8.57. The summed E-state index contributed by atoms with van der Waals surface area (Å²) in [5, 5.41) is 0. The van der Waals surface area contributed by atoms with E-state index in [0.29, 0.717) is 19.6 Å². The van der Waals surface area contributed by atoms with Crippen molar-refractivity contribution in [3.05, 3.63) is 29.8 Å². The van der Waals surface area contributed by atoms with E-state index in [1.54, 1.807) is 0 Å². The fraction of sp³-hybridized carbons (Fsp3) is 0.500. The first-order valence-electron chi connectivity index (χ1n) is 6.00. The summed E-state index contributed by atoms with van der Waals surface area (Å²) in [7, 11) is 5.43. The summed E-state index contributed by atoms with van der Waals surface area (Å²) >= 11 is 0. The molecule has 1 aliphatic rings. The van der Waals surface area contributed by atoms with Gasteiger partial charge in [-0.1, -0.05) is 12.1 Å². The van der Waals surface area contributed by atoms with Crippen molar-refractivity contribution in [3.8, 4) is 0 Å². The highest BCUT2D eigenvalue weighted by Gasteiger charge is 2.42. The number of rotatable bonds is 4. The molecule has 98 valence electrons. The Morgan fingerprint density at radius 1 is 1.33 bits per heavy atom. The maximum atomic E-state index is 11.5. The number of carbonyl (C=O) groups is 1. The van der Waals surface area contributed by atoms with Gasteiger partial charge >= 0.3 is 5.97 Å². The molecule has 1 heterocycles. The average molecular weight is 249 g/mol. The van der Waals surface area contributed by atoms with Gasteiger partial charge in [0.25, 0.3) is 0 Å². The third kappa shape index (κ3) is 2.34. The van der Waals surface area contributed by atoms with E-state index in [1.165, 1.54) is 7.11 Å². The van der Waals surface area contributed by atoms with E-state index < -0.39 is 0 Å². The molecule has 2 rings (SSSR count). The molecule has 1 fully saturated rings. The van der Waals surface area contributed by atoms with E-state index in [9.17, 15) is 4.79 Å². The van der Waals surface area contributed by atoms with Crippen molar-refractivity contribution in [2.24, 2.45) is 0 Å². The predicted octanol–water partition coefficient (Wildman–Crippen LogP) is 1.58. The standard InChI is InChI=1S/C14H19NO3/c1-15(2)12-6-4-11(5-7-12)14(9-18-10-14)8-13(16)17-3/h4-7H,8-10H2,1-3H3. The van der Waals surface area contributed by atoms with Gasteiger partial charge in [-0.05, 0) is 17.7 Å². The molecular weight excluding hydrogens is 230 g/mol. The Hall–Kier alpha value is -1.55. The number of nitrogens with zero attached hydrogens (tertiary/aromatic N) is 1. The van der Waals surface area contributed by atoms with Crippen LogP contribution in [0.4, 0.5) is 5.69 Å². The molecule has 0 radical (unpaired) electrons. The summed E-state index contributed by atoms with van der Waals surface area (Å²) in [6.07, 6.45) is 0.380. The topological polar surface area (TPSA) is 38.8 Å². The van der Waals surface area contributed by atoms with E-state index >= 15 is 0 Å². The molecule has 4 nitrogen and oxygen atoms in total. The number of carbonyl (C=O) groups excluding carboxylic acids is 1. The molecule has 1 saturated heterocycles. The normalized spacial score (nSPS) is 16.8. The molecule has 18 heavy (non-hydrogen) atoms. The van der Waals surface area contributed by atoms with E-state index in [4.69, 9.17) is 9.47 Å². The van der Waals surface area contributed by atoms with Gasteiger partial charge in [0.1, 0.15) is 0 Å². The molecule has 1 aromatic rings. The van der Waals surface area contributed by atoms with E-state index in [2.05, 4.69) is 24.3 Å². The monoisotopic (exact) mass is 249 g/mol. The zero-order valence-corrected chi connectivity index (χ0v) is 11.1. The van der Waals surface area contributed by atoms with Gasteiger partial charge < -0.3 is 14.4 Å². The van der Waals surface area contributed by atoms with Crippen LogP contribution in [-0.2, 0) is 19.7 Å². The Morgan fingerprint density at radius 2 is 1.94 bits per heavy atom. The summed E-state index contributed by atoms with van der Waals surface area (Å²) in [6.45, 7) is 1.17. The van der Waals surface area contributed by atoms with Crippen molar-refractivity contribution in [2.75, 3.05) is 39.3 Å². The molecule has 0 N–H and O–H groups in total. The van der Waals surface area contributed by atoms with Gasteiger partial charge in [-0.25, -0.2) is 0 Å². The van der Waals surface area contributed by atoms with Crippen LogP contribution in [0.3, 0.4) is 0 Å². The molecule has 0 spiro atoms. The summed E-state index contributed by atoms with van der Waals surface area (Å²) in [5.74, 6) is -0.185. The molecular formula is C14H19NO3. The third-order valence-electron chi connectivity index (χ3n) is 3.46. The zero-order chi connectivity index (χ0) is 13.2. The van der Waals surface area contributed by atoms with Crippen LogP contribution in [0.25, 0.3) is 0 Å². The largest absolute Gasteiger partial charge is 0.469 e. The lowest BCUT2D eigenvalue weighted by Crippen LogP contribution is -2.48. The van der Waals surface area contributed by atoms with Crippen LogP contribution in [0, 0.1) is 0 Å². The lowest BCUT2D eigenvalue weighted by molar-refractivity contribution is -0.148. The Morgan fingerprint density at radius 3 is 2.33 bits per heavy atom. The minimum atomic E-state index is -0.196. The molecule has 0 unspecified atom stereocenters. The average Bonchev–Trinajstić information content (AvgIpc) is 2.33. The number of methoxy groups -OCH3 is 1. The highest BCUT2D eigenvalue weighted by atomic mass is 16.5. The smallest absolute Gasteiger partial charge is 0.306 e. The van der Waals surface area contributed by atoms with Crippen molar-refractivity contribution < 1.29 is 14.3 Å². The molecule has 0 aliphatic carbocycles. The minimum absolute atomic E-state index is 0.185. The molecule has 0 saturated carbocycles. The molecule has 4 heteroatoms. The first-order valence-corrected chi connectivity index (χ1v) is 6.00. The van der Waals surface area contributed by atoms with Gasteiger partial charge in [-0.3, -0.25) is 4.79 Å². The Kier molecular flexibility index (Phi) is 3.57. The summed E-state index contributed by atoms with van der Waals surface area (Å²) < 4.78 is 10.1. The lowest BCUT2D eigenvalue weighted by atomic mass is 9.76. The van der Waals surface area contributed by atoms with Crippen LogP contribution in [-0.4, -0.2) is 40.4 Å². The Labute approximate surface area is 107 Å². The predicted molar refractivity (Wildman–Crippen MR) is 69.9 cm³/mol. The van der Waals surface area contributed by atoms with Crippen LogP contribution in [0.5, 0.6) is 0 Å². The van der Waals surface area contributed by atoms with Gasteiger partial charge in [0.15, 0.2) is 0 Å². The lowest BCUT2D eigenvalue weighted by Gasteiger charge is -2.41. The van der Waals surface area contributed by atoms with Crippen molar-refractivity contribution in [1.82, 2.24) is 0 Å². The fourth-order valence-electron chi connectivity index (χ4n) is 2.18. The van der Waals surface area contributed by atoms with Gasteiger partial charge in [0.2, 0.25) is 0 Å². The molecule has 0 atom stereocenters. The van der Waals surface area contributed by atoms with Crippen LogP contribution in [0.2, 0.25) is 0 Å². The summed E-state index contributed by atoms with van der Waals surface area (Å²) in [6, 6.07) is 8.26. The third-order valence-corrected chi connectivity index (χ3v) is 3.46. The SMILES string of the molecule is COC(=O)CC1(c2ccc(N(C)C)cc2)COC1. The van der Waals surface area contributed by atoms with E-state index in [0.717, 1.165) is 11.3 Å². The number of hydrogen-bond acceptors (Lipinski definition) is 4. The highest BCUT2D eigenvalue weighted by molar-refractivity contribution is 5.71. The maximum Gasteiger partial charge on any atom is 0.306 e. The highest BCUT2D eigenvalue weighted by Crippen LogP contribution is 2.36. The molecule has 0 bridgehead atoms. The van der Waals surface area contributed by atoms with Crippen LogP contribution in [0.15, 0.2) is 24.3 Å². The van der Waals surface area contributed by atoms with Crippen molar-refractivity contribution in [3.63, 3.8) is 0 Å². The summed E-state index contributed by atoms with van der Waals surface area (Å²) in [5.41, 5.74) is 2.09. The van der Waals surface area contributed by atoms with Crippen molar-refractivity contribution >= 4 is 11.7 Å². The Balaban J connectivity index is 2.19. The zero-order valence-electron chi connectivity index (χ0n) is 11.1. The molecule has 1 aromatic carbocycles. The molecule has 0 aromatic heterocycles. The van der Waals surface area contributed by atoms with Crippen molar-refractivity contribution in [2.45, 2.75) is 11.8 Å². The van der Waals surface area contributed by atoms with Crippen LogP contribution >= 0.6 is 0 Å². The van der Waals surface area contributed by atoms with Gasteiger partial charge in [0, 0.05) is 19.8 Å². The quantitative estimate of drug-likeness (QED) is 0.760. The van der Waals surface area contributed by atoms with Crippen molar-refractivity contribution in [1.29, 1.82) is 0 Å². The number of ether oxygens (including phenoxy) is 2. The number of hydrogen-bond donors (Lipinski definition) is 0. The van der Waals surface area contributed by atoms with E-state index in [-0.39, 0.29) is 11.4 Å². The fourth-order valence-corrected chi connectivity index (χ4v) is 2.18. The second-order valence-electron chi connectivity index (χ2n) is 4.97. The molecule has 0 amide bonds. The second kappa shape index (κ2) is 4.98. The number of esters is 1. The van der Waals surface area contributed by atoms with Gasteiger partial charge in [-0.15, -0.1) is 0 Å². The molecule has 1 aliphatic heterocycles. The second-order valence-corrected chi connectivity index (χ2v) is 4.97. The minimum Gasteiger partial charge on any atom is -0.469 e. The maximum absolute atomic E-state index is 11.5. The number of benzene rings is 1. The number of anilines is 1. The summed E-state index contributed by atoms with van der Waals surface area (Å²) in [4.78, 5) is 13.5. The first kappa shape index (κ1) is 12.9. The van der Waals surface area contributed by atoms with Gasteiger partial charge in [0.05, 0.1) is 32.2 Å². The van der Waals surface area contributed by atoms with Crippen LogP contribution < -0.4 is 4.90 Å².